The van der Waals surface area contributed by atoms with E-state index in [0.717, 1.165) is 38.8 Å². The fourth-order valence-corrected chi connectivity index (χ4v) is 4.45. The van der Waals surface area contributed by atoms with Gasteiger partial charge >= 0.3 is 154 Å². The fraction of sp³-hybridized carbons (Fsp3) is 0.533. The van der Waals surface area contributed by atoms with Crippen molar-refractivity contribution in [2.24, 2.45) is 0 Å². The van der Waals surface area contributed by atoms with Crippen LogP contribution in [-0.2, 0) is 12.7 Å². The second kappa shape index (κ2) is 8.99. The molecule has 1 aliphatic rings. The third kappa shape index (κ3) is 5.43. The van der Waals surface area contributed by atoms with Crippen LogP contribution in [0.25, 0.3) is 0 Å². The van der Waals surface area contributed by atoms with Gasteiger partial charge in [0.1, 0.15) is 0 Å². The van der Waals surface area contributed by atoms with Crippen LogP contribution in [0.2, 0.25) is 0 Å². The van der Waals surface area contributed by atoms with Gasteiger partial charge in [-0.05, 0) is 0 Å². The van der Waals surface area contributed by atoms with E-state index in [9.17, 15) is 18.0 Å². The van der Waals surface area contributed by atoms with Crippen LogP contribution in [-0.4, -0.2) is 48.4 Å². The molecule has 1 heterocycles. The first kappa shape index (κ1) is 20.2. The van der Waals surface area contributed by atoms with E-state index < -0.39 is 35.2 Å². The van der Waals surface area contributed by atoms with E-state index in [4.69, 9.17) is 0 Å². The predicted molar refractivity (Wildman–Crippen MR) is 90.3 cm³/mol. The Kier molecular flexibility index (Phi) is 7.56. The van der Waals surface area contributed by atoms with Gasteiger partial charge in [-0.15, -0.1) is 0 Å². The number of halogens is 5. The van der Waals surface area contributed by atoms with Gasteiger partial charge in [0.15, 0.2) is 0 Å². The summed E-state index contributed by atoms with van der Waals surface area (Å²) in [5.74, 6) is -0.439. The van der Waals surface area contributed by atoms with Gasteiger partial charge in [0.2, 0.25) is 0 Å². The molecule has 1 aliphatic heterocycles. The Morgan fingerprint density at radius 1 is 1.25 bits per heavy atom. The number of hydrogen-bond donors (Lipinski definition) is 1. The fourth-order valence-electron chi connectivity index (χ4n) is 2.71. The number of rotatable bonds is 5. The van der Waals surface area contributed by atoms with E-state index in [0.29, 0.717) is 0 Å². The number of amides is 1. The molecule has 1 amide bonds. The van der Waals surface area contributed by atoms with Crippen LogP contribution in [0.1, 0.15) is 28.4 Å². The minimum absolute atomic E-state index is 0.0678. The summed E-state index contributed by atoms with van der Waals surface area (Å²) in [6.45, 7) is 6.56. The van der Waals surface area contributed by atoms with Crippen LogP contribution >= 0.6 is 18.6 Å². The number of hydrogen-bond acceptors (Lipinski definition) is 3. The topological polar surface area (TPSA) is 35.6 Å². The van der Waals surface area contributed by atoms with E-state index in [-0.39, 0.29) is 17.7 Å². The van der Waals surface area contributed by atoms with Crippen molar-refractivity contribution < 1.29 is 35.5 Å². The summed E-state index contributed by atoms with van der Waals surface area (Å²) in [5.41, 5.74) is -0.411. The summed E-state index contributed by atoms with van der Waals surface area (Å²) in [7, 11) is 0. The van der Waals surface area contributed by atoms with Crippen LogP contribution in [0, 0.1) is 0 Å². The van der Waals surface area contributed by atoms with Gasteiger partial charge in [0.25, 0.3) is 0 Å². The molecule has 1 fully saturated rings. The van der Waals surface area contributed by atoms with Gasteiger partial charge in [-0.1, -0.05) is 6.92 Å². The zero-order valence-corrected chi connectivity index (χ0v) is 17.5. The summed E-state index contributed by atoms with van der Waals surface area (Å²) in [4.78, 5) is 16.1. The van der Waals surface area contributed by atoms with Crippen molar-refractivity contribution in [3.63, 3.8) is 0 Å². The van der Waals surface area contributed by atoms with Gasteiger partial charge in [-0.2, -0.15) is 0 Å². The number of piperazine rings is 1. The predicted octanol–water partition coefficient (Wildman–Crippen LogP) is -0.0733. The van der Waals surface area contributed by atoms with Crippen LogP contribution < -0.4 is 21.0 Å². The molecule has 0 aliphatic carbocycles. The van der Waals surface area contributed by atoms with Gasteiger partial charge in [0, 0.05) is 0 Å². The summed E-state index contributed by atoms with van der Waals surface area (Å²) in [6.07, 6.45) is -4.46. The number of likely N-dealkylation sites (N-methyl/N-ethyl adjacent to an activating group) is 1. The molecule has 0 bridgehead atoms. The molecular formula is C15H19F3I2N3O-. The molecule has 136 valence electrons. The molecule has 1 N–H and O–H groups in total. The molecule has 0 aromatic heterocycles. The third-order valence-corrected chi connectivity index (χ3v) is 6.17. The molecule has 0 atom stereocenters. The standard InChI is InChI=1S/C15H19F3I2N3O/c1-2-22-5-7-23(8-6-22)10-12-4-3-11(14(24)21-20-19)9-13(12)15(16,17)18/h3-4,9H,2,5-8,10H2,1H3,(H,21,24)/q-1. The Morgan fingerprint density at radius 3 is 2.42 bits per heavy atom. The van der Waals surface area contributed by atoms with Crippen molar-refractivity contribution in [3.05, 3.63) is 34.9 Å². The number of benzene rings is 1. The molecule has 0 saturated carbocycles. The molecular weight excluding hydrogens is 549 g/mol. The molecule has 1 aromatic carbocycles. The molecule has 4 nitrogen and oxygen atoms in total. The van der Waals surface area contributed by atoms with E-state index in [1.165, 1.54) is 12.1 Å². The van der Waals surface area contributed by atoms with Crippen molar-refractivity contribution in [2.45, 2.75) is 19.6 Å². The zero-order chi connectivity index (χ0) is 17.7. The monoisotopic (exact) mass is 568 g/mol. The van der Waals surface area contributed by atoms with E-state index >= 15 is 0 Å². The van der Waals surface area contributed by atoms with Gasteiger partial charge in [-0.25, -0.2) is 0 Å². The van der Waals surface area contributed by atoms with Gasteiger partial charge in [-0.3, -0.25) is 0 Å². The second-order valence-electron chi connectivity index (χ2n) is 5.58. The SMILES string of the molecule is CCN1CCN(Cc2ccc(C(=O)N[I-]I)cc2C(F)(F)F)CC1. The Hall–Kier alpha value is -0.140. The van der Waals surface area contributed by atoms with E-state index in [2.05, 4.69) is 15.4 Å². The van der Waals surface area contributed by atoms with Crippen molar-refractivity contribution in [1.29, 1.82) is 0 Å². The number of alkyl halides is 3. The third-order valence-electron chi connectivity index (χ3n) is 4.11. The average Bonchev–Trinajstić information content (AvgIpc) is 2.55. The maximum atomic E-state index is 13.4. The minimum atomic E-state index is -4.46. The first-order chi connectivity index (χ1) is 11.3. The van der Waals surface area contributed by atoms with Crippen LogP contribution in [0.15, 0.2) is 18.2 Å². The first-order valence-electron chi connectivity index (χ1n) is 7.55. The van der Waals surface area contributed by atoms with Crippen LogP contribution in [0.5, 0.6) is 0 Å². The second-order valence-corrected chi connectivity index (χ2v) is 9.26. The Labute approximate surface area is 159 Å². The van der Waals surface area contributed by atoms with Gasteiger partial charge < -0.3 is 0 Å². The molecule has 9 heteroatoms. The number of nitrogens with zero attached hydrogens (tertiary/aromatic N) is 2. The summed E-state index contributed by atoms with van der Waals surface area (Å²) in [6, 6.07) is 3.90. The van der Waals surface area contributed by atoms with E-state index in [1.807, 2.05) is 23.5 Å². The quantitative estimate of drug-likeness (QED) is 0.400. The zero-order valence-electron chi connectivity index (χ0n) is 13.2. The van der Waals surface area contributed by atoms with Crippen molar-refractivity contribution in [3.8, 4) is 0 Å². The molecule has 0 radical (unpaired) electrons. The van der Waals surface area contributed by atoms with Crippen LogP contribution in [0.4, 0.5) is 13.2 Å². The normalized spacial score (nSPS) is 17.2. The molecule has 2 rings (SSSR count). The summed E-state index contributed by atoms with van der Waals surface area (Å²) < 4.78 is 42.8. The molecule has 0 unspecified atom stereocenters. The first-order valence-corrected chi connectivity index (χ1v) is 14.9. The Morgan fingerprint density at radius 2 is 1.88 bits per heavy atom. The van der Waals surface area contributed by atoms with Crippen molar-refractivity contribution >= 4 is 24.5 Å². The molecule has 0 spiro atoms. The maximum absolute atomic E-state index is 13.4. The molecule has 1 aromatic rings. The Bertz CT molecular complexity index is 576. The van der Waals surface area contributed by atoms with Gasteiger partial charge in [0.05, 0.1) is 0 Å². The summed E-state index contributed by atoms with van der Waals surface area (Å²) in [5, 5.41) is 0. The molecule has 24 heavy (non-hydrogen) atoms. The Balaban J connectivity index is 2.18. The number of carbonyl (C=O) groups excluding carboxylic acids is 1. The van der Waals surface area contributed by atoms with Crippen molar-refractivity contribution in [1.82, 2.24) is 13.3 Å². The van der Waals surface area contributed by atoms with Crippen molar-refractivity contribution in [2.75, 3.05) is 32.7 Å². The summed E-state index contributed by atoms with van der Waals surface area (Å²) >= 11 is 1.50. The van der Waals surface area contributed by atoms with Crippen LogP contribution in [0.3, 0.4) is 0 Å². The number of nitrogens with one attached hydrogen (secondary N) is 1. The number of carbonyl (C=O) groups is 1. The average molecular weight is 568 g/mol. The van der Waals surface area contributed by atoms with E-state index in [1.54, 1.807) is 0 Å². The molecule has 1 saturated heterocycles.